The first kappa shape index (κ1) is 39.6. The van der Waals surface area contributed by atoms with Crippen molar-refractivity contribution in [2.45, 2.75) is 124 Å². The number of fused-ring (bicyclic) bond motifs is 1. The molecule has 13 heteroatoms. The minimum atomic E-state index is -1.10. The summed E-state index contributed by atoms with van der Waals surface area (Å²) in [5, 5.41) is 11.4. The fraction of sp³-hybridized carbons (Fsp3) is 0.684. The van der Waals surface area contributed by atoms with Gasteiger partial charge in [0, 0.05) is 12.6 Å². The molecule has 282 valence electrons. The van der Waals surface area contributed by atoms with Crippen molar-refractivity contribution in [2.75, 3.05) is 13.2 Å². The Labute approximate surface area is 301 Å². The molecule has 0 aromatic heterocycles. The third-order valence-corrected chi connectivity index (χ3v) is 10.8. The van der Waals surface area contributed by atoms with Crippen molar-refractivity contribution in [1.82, 2.24) is 26.2 Å². The van der Waals surface area contributed by atoms with E-state index in [2.05, 4.69) is 21.3 Å². The summed E-state index contributed by atoms with van der Waals surface area (Å²) in [5.74, 6) is -2.76. The number of hydrogen-bond donors (Lipinski definition) is 5. The summed E-state index contributed by atoms with van der Waals surface area (Å²) in [7, 11) is 0. The molecule has 3 unspecified atom stereocenters. The second-order valence-corrected chi connectivity index (χ2v) is 16.4. The molecule has 1 aromatic carbocycles. The maximum absolute atomic E-state index is 14.7. The minimum Gasteiger partial charge on any atom is -0.447 e. The van der Waals surface area contributed by atoms with Crippen LogP contribution in [-0.4, -0.2) is 83.9 Å². The van der Waals surface area contributed by atoms with Crippen molar-refractivity contribution in [1.29, 1.82) is 0 Å². The van der Waals surface area contributed by atoms with Gasteiger partial charge in [-0.05, 0) is 79.7 Å². The van der Waals surface area contributed by atoms with Crippen molar-refractivity contribution in [3.8, 4) is 0 Å². The van der Waals surface area contributed by atoms with Gasteiger partial charge in [0.05, 0.1) is 12.1 Å². The van der Waals surface area contributed by atoms with Crippen LogP contribution in [0.15, 0.2) is 24.3 Å². The Bertz CT molecular complexity index is 1430. The summed E-state index contributed by atoms with van der Waals surface area (Å²) >= 11 is 0. The lowest BCUT2D eigenvalue weighted by Gasteiger charge is -2.35. The van der Waals surface area contributed by atoms with Crippen LogP contribution in [0.25, 0.3) is 0 Å². The highest BCUT2D eigenvalue weighted by atomic mass is 16.5. The number of nitrogens with one attached hydrogen (secondary N) is 4. The molecule has 4 rings (SSSR count). The Morgan fingerprint density at radius 3 is 2.04 bits per heavy atom. The topological polar surface area (TPSA) is 189 Å². The van der Waals surface area contributed by atoms with E-state index >= 15 is 0 Å². The number of urea groups is 1. The number of rotatable bonds is 14. The number of ketones is 1. The zero-order valence-corrected chi connectivity index (χ0v) is 31.3. The summed E-state index contributed by atoms with van der Waals surface area (Å²) in [6, 6.07) is 3.69. The van der Waals surface area contributed by atoms with Crippen molar-refractivity contribution < 1.29 is 33.5 Å². The summed E-state index contributed by atoms with van der Waals surface area (Å²) < 4.78 is 5.43. The predicted octanol–water partition coefficient (Wildman–Crippen LogP) is 3.22. The molecule has 0 bridgehead atoms. The zero-order chi connectivity index (χ0) is 37.6. The van der Waals surface area contributed by atoms with Crippen molar-refractivity contribution in [3.63, 3.8) is 0 Å². The van der Waals surface area contributed by atoms with Gasteiger partial charge in [-0.25, -0.2) is 9.59 Å². The Kier molecular flexibility index (Phi) is 13.1. The molecule has 0 radical (unpaired) electrons. The average molecular weight is 711 g/mol. The Morgan fingerprint density at radius 2 is 1.53 bits per heavy atom. The highest BCUT2D eigenvalue weighted by Gasteiger charge is 2.46. The number of benzene rings is 1. The van der Waals surface area contributed by atoms with E-state index in [0.29, 0.717) is 32.2 Å². The fourth-order valence-corrected chi connectivity index (χ4v) is 7.25. The number of carbonyl (C=O) groups excluding carboxylic acids is 6. The highest BCUT2D eigenvalue weighted by molar-refractivity contribution is 6.37. The van der Waals surface area contributed by atoms with E-state index in [1.54, 1.807) is 4.90 Å². The molecule has 1 saturated heterocycles. The van der Waals surface area contributed by atoms with Crippen LogP contribution in [-0.2, 0) is 36.8 Å². The number of nitrogens with zero attached hydrogens (tertiary/aromatic N) is 1. The number of nitrogens with two attached hydrogens (primary N) is 1. The molecule has 5 atom stereocenters. The van der Waals surface area contributed by atoms with Crippen molar-refractivity contribution in [3.05, 3.63) is 35.4 Å². The maximum atomic E-state index is 14.7. The van der Waals surface area contributed by atoms with Crippen LogP contribution in [0.5, 0.6) is 0 Å². The summed E-state index contributed by atoms with van der Waals surface area (Å²) in [5.41, 5.74) is 7.06. The molecule has 13 nitrogen and oxygen atoms in total. The average Bonchev–Trinajstić information content (AvgIpc) is 3.67. The lowest BCUT2D eigenvalue weighted by atomic mass is 9.80. The number of likely N-dealkylation sites (tertiary alicyclic amines) is 1. The Balaban J connectivity index is 1.58. The van der Waals surface area contributed by atoms with Gasteiger partial charge in [0.1, 0.15) is 18.7 Å². The van der Waals surface area contributed by atoms with Gasteiger partial charge in [0.15, 0.2) is 0 Å². The summed E-state index contributed by atoms with van der Waals surface area (Å²) in [6.07, 6.45) is 4.07. The molecule has 6 N–H and O–H groups in total. The lowest BCUT2D eigenvalue weighted by molar-refractivity contribution is -0.143. The van der Waals surface area contributed by atoms with Gasteiger partial charge in [-0.2, -0.15) is 0 Å². The fourth-order valence-electron chi connectivity index (χ4n) is 7.25. The Hall–Kier alpha value is -4.16. The molecule has 1 heterocycles. The first-order valence-corrected chi connectivity index (χ1v) is 18.5. The van der Waals surface area contributed by atoms with Crippen LogP contribution in [0.1, 0.15) is 91.7 Å². The van der Waals surface area contributed by atoms with E-state index in [1.165, 1.54) is 0 Å². The van der Waals surface area contributed by atoms with Gasteiger partial charge in [-0.1, -0.05) is 78.1 Å². The van der Waals surface area contributed by atoms with Gasteiger partial charge in [0.2, 0.25) is 17.6 Å². The Morgan fingerprint density at radius 1 is 0.902 bits per heavy atom. The number of ether oxygens (including phenoxy) is 1. The number of Topliss-reactive ketones (excluding diaryl/α,β-unsaturated/α-hetero) is 1. The predicted molar refractivity (Wildman–Crippen MR) is 192 cm³/mol. The van der Waals surface area contributed by atoms with Crippen LogP contribution in [0.2, 0.25) is 0 Å². The normalized spacial score (nSPS) is 20.9. The molecule has 1 aliphatic heterocycles. The highest BCUT2D eigenvalue weighted by Crippen LogP contribution is 2.35. The molecular formula is C38H58N6O7. The van der Waals surface area contributed by atoms with Crippen molar-refractivity contribution in [2.24, 2.45) is 34.8 Å². The SMILES string of the molecule is CC(C)NC(=O)OC[C@@H](NC(=O)NC(C(=O)N1C[C@H](C(C)C)CC1C(=O)NC(CC1CCC1)C(=O)C(N)=O)C1Cc2ccccc2C1)C(C)(C)C. The van der Waals surface area contributed by atoms with E-state index in [4.69, 9.17) is 10.5 Å². The molecule has 6 amide bonds. The number of hydrogen-bond acceptors (Lipinski definition) is 7. The number of alkyl carbamates (subject to hydrolysis) is 1. The second-order valence-electron chi connectivity index (χ2n) is 16.4. The van der Waals surface area contributed by atoms with Crippen LogP contribution >= 0.6 is 0 Å². The number of primary amides is 1. The van der Waals surface area contributed by atoms with E-state index in [0.717, 1.165) is 30.4 Å². The summed E-state index contributed by atoms with van der Waals surface area (Å²) in [6.45, 7) is 13.7. The molecule has 51 heavy (non-hydrogen) atoms. The quantitative estimate of drug-likeness (QED) is 0.183. The number of carbonyl (C=O) groups is 6. The van der Waals surface area contributed by atoms with Crippen molar-refractivity contribution >= 4 is 35.6 Å². The third-order valence-electron chi connectivity index (χ3n) is 10.8. The van der Waals surface area contributed by atoms with E-state index in [1.807, 2.05) is 72.7 Å². The van der Waals surface area contributed by atoms with Gasteiger partial charge in [-0.3, -0.25) is 19.2 Å². The molecule has 2 fully saturated rings. The smallest absolute Gasteiger partial charge is 0.407 e. The van der Waals surface area contributed by atoms with Gasteiger partial charge in [-0.15, -0.1) is 0 Å². The third kappa shape index (κ3) is 10.4. The van der Waals surface area contributed by atoms with Crippen LogP contribution in [0, 0.1) is 29.1 Å². The van der Waals surface area contributed by atoms with Crippen LogP contribution in [0.3, 0.4) is 0 Å². The molecule has 2 aliphatic carbocycles. The van der Waals surface area contributed by atoms with Gasteiger partial charge >= 0.3 is 12.1 Å². The van der Waals surface area contributed by atoms with Gasteiger partial charge < -0.3 is 36.6 Å². The largest absolute Gasteiger partial charge is 0.447 e. The first-order chi connectivity index (χ1) is 23.9. The second kappa shape index (κ2) is 16.9. The van der Waals surface area contributed by atoms with E-state index in [-0.39, 0.29) is 42.2 Å². The molecule has 1 saturated carbocycles. The molecule has 3 aliphatic rings. The van der Waals surface area contributed by atoms with Crippen LogP contribution < -0.4 is 27.0 Å². The maximum Gasteiger partial charge on any atom is 0.407 e. The molecule has 0 spiro atoms. The minimum absolute atomic E-state index is 0.00344. The standard InChI is InChI=1S/C38H58N6O7/c1-21(2)27-18-29(34(47)41-28(32(45)33(39)46)15-23-11-10-12-23)44(19-27)35(48)31(26-16-24-13-8-9-14-25(24)17-26)43-36(49)42-30(38(5,6)7)20-51-37(50)40-22(3)4/h8-9,13-14,21-23,26-31H,10-12,15-20H2,1-7H3,(H2,39,46)(H,40,50)(H,41,47)(H2,42,43,49)/t27-,28?,29?,30-,31?/m1/s1. The monoisotopic (exact) mass is 710 g/mol. The molecular weight excluding hydrogens is 652 g/mol. The summed E-state index contributed by atoms with van der Waals surface area (Å²) in [4.78, 5) is 81.0. The lowest BCUT2D eigenvalue weighted by Crippen LogP contribution is -2.60. The molecule has 1 aromatic rings. The zero-order valence-electron chi connectivity index (χ0n) is 31.3. The van der Waals surface area contributed by atoms with E-state index in [9.17, 15) is 28.8 Å². The van der Waals surface area contributed by atoms with Gasteiger partial charge in [0.25, 0.3) is 5.91 Å². The van der Waals surface area contributed by atoms with E-state index < -0.39 is 59.3 Å². The van der Waals surface area contributed by atoms with Crippen LogP contribution in [0.4, 0.5) is 9.59 Å². The first-order valence-electron chi connectivity index (χ1n) is 18.5. The number of amides is 6.